The summed E-state index contributed by atoms with van der Waals surface area (Å²) in [7, 11) is 0. The van der Waals surface area contributed by atoms with Crippen LogP contribution >= 0.6 is 0 Å². The Labute approximate surface area is 176 Å². The Morgan fingerprint density at radius 1 is 1.24 bits per heavy atom. The third-order valence-corrected chi connectivity index (χ3v) is 8.08. The van der Waals surface area contributed by atoms with Crippen LogP contribution in [0.1, 0.15) is 90.9 Å². The minimum absolute atomic E-state index is 0.0170. The molecule has 5 atom stereocenters. The quantitative estimate of drug-likeness (QED) is 0.326. The first kappa shape index (κ1) is 22.5. The second-order valence-electron chi connectivity index (χ2n) is 9.92. The van der Waals surface area contributed by atoms with Gasteiger partial charge in [0.15, 0.2) is 0 Å². The zero-order valence-electron chi connectivity index (χ0n) is 18.5. The van der Waals surface area contributed by atoms with Gasteiger partial charge in [0, 0.05) is 18.3 Å². The van der Waals surface area contributed by atoms with Crippen LogP contribution in [-0.2, 0) is 14.4 Å². The first-order valence-corrected chi connectivity index (χ1v) is 11.9. The van der Waals surface area contributed by atoms with E-state index in [1.807, 2.05) is 0 Å². The van der Waals surface area contributed by atoms with E-state index in [9.17, 15) is 9.59 Å². The molecule has 5 heteroatoms. The molecule has 2 N–H and O–H groups in total. The summed E-state index contributed by atoms with van der Waals surface area (Å²) >= 11 is 0. The highest BCUT2D eigenvalue weighted by molar-refractivity contribution is 5.87. The third kappa shape index (κ3) is 5.28. The molecule has 29 heavy (non-hydrogen) atoms. The number of carbonyl (C=O) groups is 2. The molecule has 3 aliphatic carbocycles. The van der Waals surface area contributed by atoms with E-state index in [1.165, 1.54) is 25.7 Å². The van der Waals surface area contributed by atoms with E-state index in [1.54, 1.807) is 0 Å². The van der Waals surface area contributed by atoms with Crippen LogP contribution in [0.5, 0.6) is 0 Å². The number of hydrogen-bond acceptors (Lipinski definition) is 5. The van der Waals surface area contributed by atoms with Gasteiger partial charge in [-0.15, -0.1) is 0 Å². The van der Waals surface area contributed by atoms with Crippen molar-refractivity contribution in [1.82, 2.24) is 0 Å². The summed E-state index contributed by atoms with van der Waals surface area (Å²) in [6, 6.07) is 0. The number of fused-ring (bicyclic) bond motifs is 3. The van der Waals surface area contributed by atoms with Gasteiger partial charge >= 0.3 is 0 Å². The molecule has 3 rings (SSSR count). The molecule has 164 valence electrons. The second-order valence-corrected chi connectivity index (χ2v) is 9.92. The highest BCUT2D eigenvalue weighted by Gasteiger charge is 2.54. The second kappa shape index (κ2) is 10.2. The number of nitrogens with zero attached hydrogens (tertiary/aromatic N) is 1. The molecule has 3 fully saturated rings. The minimum atomic E-state index is -0.0173. The zero-order valence-corrected chi connectivity index (χ0v) is 18.5. The molecule has 5 unspecified atom stereocenters. The summed E-state index contributed by atoms with van der Waals surface area (Å²) in [5, 5.41) is 4.42. The number of oxime groups is 1. The van der Waals surface area contributed by atoms with Gasteiger partial charge in [-0.2, -0.15) is 0 Å². The van der Waals surface area contributed by atoms with Crippen molar-refractivity contribution in [2.75, 3.05) is 13.2 Å². The maximum atomic E-state index is 12.4. The van der Waals surface area contributed by atoms with Crippen molar-refractivity contribution in [3.8, 4) is 0 Å². The van der Waals surface area contributed by atoms with Crippen LogP contribution in [0, 0.1) is 29.1 Å². The Balaban J connectivity index is 1.54. The standard InChI is InChI=1S/C24H40N2O3/c1-3-4-5-19(26-29-13-11-20(27)16-25)15-17-6-7-21-18(14-17)10-12-24(2)22(21)8-9-23(24)28/h17-18,21-22H,3-16,25H2,1-2H3. The van der Waals surface area contributed by atoms with Crippen LogP contribution in [0.3, 0.4) is 0 Å². The van der Waals surface area contributed by atoms with Crippen LogP contribution in [0.2, 0.25) is 0 Å². The van der Waals surface area contributed by atoms with E-state index in [0.717, 1.165) is 62.5 Å². The van der Waals surface area contributed by atoms with E-state index in [0.29, 0.717) is 30.6 Å². The van der Waals surface area contributed by atoms with Gasteiger partial charge in [0.1, 0.15) is 18.2 Å². The molecule has 0 saturated heterocycles. The molecular weight excluding hydrogens is 364 g/mol. The van der Waals surface area contributed by atoms with E-state index < -0.39 is 0 Å². The highest BCUT2D eigenvalue weighted by Crippen LogP contribution is 2.58. The molecule has 0 radical (unpaired) electrons. The summed E-state index contributed by atoms with van der Waals surface area (Å²) in [4.78, 5) is 29.2. The van der Waals surface area contributed by atoms with Crippen LogP contribution in [0.25, 0.3) is 0 Å². The lowest BCUT2D eigenvalue weighted by Crippen LogP contribution is -2.44. The van der Waals surface area contributed by atoms with Crippen molar-refractivity contribution in [2.24, 2.45) is 40.0 Å². The van der Waals surface area contributed by atoms with E-state index in [4.69, 9.17) is 10.6 Å². The first-order chi connectivity index (χ1) is 14.0. The summed E-state index contributed by atoms with van der Waals surface area (Å²) in [6.07, 6.45) is 12.7. The first-order valence-electron chi connectivity index (χ1n) is 11.9. The number of unbranched alkanes of at least 4 members (excludes halogenated alkanes) is 1. The number of Topliss-reactive ketones (excluding diaryl/α,β-unsaturated/α-hetero) is 2. The van der Waals surface area contributed by atoms with Gasteiger partial charge in [0.05, 0.1) is 12.3 Å². The predicted octanol–water partition coefficient (Wildman–Crippen LogP) is 4.67. The molecular formula is C24H40N2O3. The number of nitrogens with two attached hydrogens (primary N) is 1. The van der Waals surface area contributed by atoms with Crippen molar-refractivity contribution in [3.63, 3.8) is 0 Å². The molecule has 0 heterocycles. The maximum Gasteiger partial charge on any atom is 0.149 e. The van der Waals surface area contributed by atoms with Gasteiger partial charge in [-0.1, -0.05) is 25.4 Å². The summed E-state index contributed by atoms with van der Waals surface area (Å²) < 4.78 is 0. The van der Waals surface area contributed by atoms with Crippen LogP contribution < -0.4 is 5.73 Å². The SMILES string of the molecule is CCCCC(CC1CCC2C(CCC3(C)C(=O)CCC23)C1)=NOCCC(=O)CN. The average Bonchev–Trinajstić information content (AvgIpc) is 3.03. The largest absolute Gasteiger partial charge is 0.395 e. The lowest BCUT2D eigenvalue weighted by atomic mass is 9.55. The van der Waals surface area contributed by atoms with Crippen molar-refractivity contribution < 1.29 is 14.4 Å². The Kier molecular flexibility index (Phi) is 7.89. The Hall–Kier alpha value is -1.23. The van der Waals surface area contributed by atoms with Crippen LogP contribution in [0.4, 0.5) is 0 Å². The summed E-state index contributed by atoms with van der Waals surface area (Å²) in [6.45, 7) is 4.85. The number of hydrogen-bond donors (Lipinski definition) is 1. The molecule has 0 spiro atoms. The van der Waals surface area contributed by atoms with Gasteiger partial charge in [-0.25, -0.2) is 0 Å². The predicted molar refractivity (Wildman–Crippen MR) is 116 cm³/mol. The zero-order chi connectivity index (χ0) is 20.9. The molecule has 0 aromatic rings. The molecule has 0 bridgehead atoms. The molecule has 0 aliphatic heterocycles. The third-order valence-electron chi connectivity index (χ3n) is 8.08. The molecule has 0 aromatic carbocycles. The van der Waals surface area contributed by atoms with Gasteiger partial charge < -0.3 is 10.6 Å². The monoisotopic (exact) mass is 404 g/mol. The smallest absolute Gasteiger partial charge is 0.149 e. The summed E-state index contributed by atoms with van der Waals surface area (Å²) in [5.41, 5.74) is 6.49. The van der Waals surface area contributed by atoms with Crippen molar-refractivity contribution in [3.05, 3.63) is 0 Å². The average molecular weight is 405 g/mol. The van der Waals surface area contributed by atoms with Gasteiger partial charge in [0.2, 0.25) is 0 Å². The van der Waals surface area contributed by atoms with Gasteiger partial charge in [-0.05, 0) is 81.5 Å². The van der Waals surface area contributed by atoms with E-state index in [-0.39, 0.29) is 17.7 Å². The Morgan fingerprint density at radius 2 is 2.07 bits per heavy atom. The molecule has 0 amide bonds. The van der Waals surface area contributed by atoms with Crippen LogP contribution in [0.15, 0.2) is 5.16 Å². The number of ketones is 2. The lowest BCUT2D eigenvalue weighted by Gasteiger charge is -2.49. The number of carbonyl (C=O) groups excluding carboxylic acids is 2. The Morgan fingerprint density at radius 3 is 2.83 bits per heavy atom. The molecule has 3 saturated carbocycles. The fourth-order valence-corrected chi connectivity index (χ4v) is 6.32. The fourth-order valence-electron chi connectivity index (χ4n) is 6.32. The van der Waals surface area contributed by atoms with Gasteiger partial charge in [0.25, 0.3) is 0 Å². The highest BCUT2D eigenvalue weighted by atomic mass is 16.6. The molecule has 0 aromatic heterocycles. The number of rotatable bonds is 10. The van der Waals surface area contributed by atoms with Crippen LogP contribution in [-0.4, -0.2) is 30.4 Å². The molecule has 3 aliphatic rings. The van der Waals surface area contributed by atoms with Crippen molar-refractivity contribution in [2.45, 2.75) is 90.9 Å². The normalized spacial score (nSPS) is 34.6. The maximum absolute atomic E-state index is 12.4. The fraction of sp³-hybridized carbons (Fsp3) is 0.875. The lowest BCUT2D eigenvalue weighted by molar-refractivity contribution is -0.130. The summed E-state index contributed by atoms with van der Waals surface area (Å²) in [5.74, 6) is 3.40. The minimum Gasteiger partial charge on any atom is -0.395 e. The van der Waals surface area contributed by atoms with Crippen molar-refractivity contribution in [1.29, 1.82) is 0 Å². The topological polar surface area (TPSA) is 81.8 Å². The van der Waals surface area contributed by atoms with Crippen molar-refractivity contribution >= 4 is 17.3 Å². The van der Waals surface area contributed by atoms with E-state index >= 15 is 0 Å². The van der Waals surface area contributed by atoms with E-state index in [2.05, 4.69) is 19.0 Å². The van der Waals surface area contributed by atoms with Gasteiger partial charge in [-0.3, -0.25) is 9.59 Å². The molecule has 5 nitrogen and oxygen atoms in total. The Bertz CT molecular complexity index is 617.